The molecule has 2 N–H and O–H groups in total. The molecule has 4 nitrogen and oxygen atoms in total. The molecule has 21 heavy (non-hydrogen) atoms. The van der Waals surface area contributed by atoms with E-state index in [0.29, 0.717) is 18.0 Å². The van der Waals surface area contributed by atoms with Crippen LogP contribution in [0.2, 0.25) is 0 Å². The normalized spacial score (nSPS) is 27.5. The Labute approximate surface area is 130 Å². The second-order valence-corrected chi connectivity index (χ2v) is 6.91. The summed E-state index contributed by atoms with van der Waals surface area (Å²) in [6, 6.07) is 0.992. The van der Waals surface area contributed by atoms with Crippen LogP contribution < -0.4 is 10.6 Å². The van der Waals surface area contributed by atoms with Gasteiger partial charge in [-0.1, -0.05) is 19.8 Å². The van der Waals surface area contributed by atoms with Crippen molar-refractivity contribution in [2.75, 3.05) is 19.6 Å². The van der Waals surface area contributed by atoms with E-state index >= 15 is 0 Å². The average molecular weight is 295 g/mol. The number of carbonyl (C=O) groups excluding carboxylic acids is 1. The molecule has 1 aliphatic carbocycles. The van der Waals surface area contributed by atoms with E-state index in [1.54, 1.807) is 0 Å². The molecule has 122 valence electrons. The summed E-state index contributed by atoms with van der Waals surface area (Å²) in [5.74, 6) is 0.902. The van der Waals surface area contributed by atoms with E-state index in [2.05, 4.69) is 36.3 Å². The minimum absolute atomic E-state index is 0.0160. The minimum atomic E-state index is 0.0160. The van der Waals surface area contributed by atoms with Gasteiger partial charge in [0.15, 0.2) is 0 Å². The van der Waals surface area contributed by atoms with Crippen molar-refractivity contribution < 1.29 is 4.79 Å². The first-order valence-corrected chi connectivity index (χ1v) is 8.89. The Bertz CT molecular complexity index is 328. The maximum absolute atomic E-state index is 12.4. The van der Waals surface area contributed by atoms with Gasteiger partial charge in [0.05, 0.1) is 6.04 Å². The van der Waals surface area contributed by atoms with E-state index in [1.807, 2.05) is 0 Å². The van der Waals surface area contributed by atoms with Gasteiger partial charge in [-0.15, -0.1) is 0 Å². The van der Waals surface area contributed by atoms with Gasteiger partial charge in [-0.25, -0.2) is 0 Å². The fourth-order valence-corrected chi connectivity index (χ4v) is 3.85. The molecule has 3 atom stereocenters. The second kappa shape index (κ2) is 8.14. The number of hydrogen-bond donors (Lipinski definition) is 2. The highest BCUT2D eigenvalue weighted by atomic mass is 16.2. The fraction of sp³-hybridized carbons (Fsp3) is 0.941. The van der Waals surface area contributed by atoms with E-state index in [9.17, 15) is 4.79 Å². The van der Waals surface area contributed by atoms with Gasteiger partial charge in [0.25, 0.3) is 0 Å². The Morgan fingerprint density at radius 3 is 2.57 bits per heavy atom. The van der Waals surface area contributed by atoms with Crippen molar-refractivity contribution in [1.82, 2.24) is 15.5 Å². The summed E-state index contributed by atoms with van der Waals surface area (Å²) in [6.07, 6.45) is 7.36. The number of carbonyl (C=O) groups is 1. The summed E-state index contributed by atoms with van der Waals surface area (Å²) in [7, 11) is 0. The van der Waals surface area contributed by atoms with E-state index in [1.165, 1.54) is 38.5 Å². The lowest BCUT2D eigenvalue weighted by atomic mass is 9.90. The van der Waals surface area contributed by atoms with E-state index < -0.39 is 0 Å². The lowest BCUT2D eigenvalue weighted by Crippen LogP contribution is -2.53. The quantitative estimate of drug-likeness (QED) is 0.789. The van der Waals surface area contributed by atoms with Gasteiger partial charge in [-0.3, -0.25) is 9.69 Å². The zero-order chi connectivity index (χ0) is 15.2. The van der Waals surface area contributed by atoms with Crippen LogP contribution in [0.3, 0.4) is 0 Å². The molecular formula is C17H33N3O. The molecular weight excluding hydrogens is 262 g/mol. The van der Waals surface area contributed by atoms with Crippen LogP contribution in [-0.4, -0.2) is 48.6 Å². The van der Waals surface area contributed by atoms with Crippen LogP contribution in [-0.2, 0) is 4.79 Å². The van der Waals surface area contributed by atoms with Crippen LogP contribution in [0.25, 0.3) is 0 Å². The van der Waals surface area contributed by atoms with Gasteiger partial charge in [0.2, 0.25) is 5.91 Å². The average Bonchev–Trinajstić information content (AvgIpc) is 2.99. The maximum atomic E-state index is 12.4. The first-order chi connectivity index (χ1) is 10.1. The van der Waals surface area contributed by atoms with Crippen molar-refractivity contribution in [3.8, 4) is 0 Å². The maximum Gasteiger partial charge on any atom is 0.237 e. The van der Waals surface area contributed by atoms with Gasteiger partial charge in [0.1, 0.15) is 0 Å². The highest BCUT2D eigenvalue weighted by Crippen LogP contribution is 2.22. The number of amides is 1. The Morgan fingerprint density at radius 2 is 1.90 bits per heavy atom. The SMILES string of the molecule is CCNC(C)C1CCCN(C(C)C(=O)NC2CCCC2)C1. The molecule has 0 spiro atoms. The third kappa shape index (κ3) is 4.68. The Hall–Kier alpha value is -0.610. The molecule has 0 aromatic carbocycles. The summed E-state index contributed by atoms with van der Waals surface area (Å²) in [5.41, 5.74) is 0. The van der Waals surface area contributed by atoms with Crippen LogP contribution in [0, 0.1) is 5.92 Å². The molecule has 2 rings (SSSR count). The van der Waals surface area contributed by atoms with Crippen LogP contribution in [0.4, 0.5) is 0 Å². The number of rotatable bonds is 6. The molecule has 0 aromatic heterocycles. The Morgan fingerprint density at radius 1 is 1.19 bits per heavy atom. The van der Waals surface area contributed by atoms with Gasteiger partial charge >= 0.3 is 0 Å². The molecule has 1 saturated carbocycles. The monoisotopic (exact) mass is 295 g/mol. The topological polar surface area (TPSA) is 44.4 Å². The van der Waals surface area contributed by atoms with Crippen LogP contribution >= 0.6 is 0 Å². The molecule has 0 aromatic rings. The smallest absolute Gasteiger partial charge is 0.237 e. The third-order valence-corrected chi connectivity index (χ3v) is 5.35. The lowest BCUT2D eigenvalue weighted by Gasteiger charge is -2.39. The van der Waals surface area contributed by atoms with Gasteiger partial charge < -0.3 is 10.6 Å². The number of nitrogens with one attached hydrogen (secondary N) is 2. The molecule has 0 radical (unpaired) electrons. The Kier molecular flexibility index (Phi) is 6.49. The highest BCUT2D eigenvalue weighted by Gasteiger charge is 2.30. The first kappa shape index (κ1) is 16.8. The van der Waals surface area contributed by atoms with Crippen molar-refractivity contribution >= 4 is 5.91 Å². The molecule has 2 fully saturated rings. The number of piperidine rings is 1. The molecule has 0 bridgehead atoms. The van der Waals surface area contributed by atoms with Crippen LogP contribution in [0.15, 0.2) is 0 Å². The first-order valence-electron chi connectivity index (χ1n) is 8.89. The molecule has 1 saturated heterocycles. The standard InChI is InChI=1S/C17H33N3O/c1-4-18-13(2)15-8-7-11-20(12-15)14(3)17(21)19-16-9-5-6-10-16/h13-16,18H,4-12H2,1-3H3,(H,19,21). The molecule has 2 aliphatic rings. The largest absolute Gasteiger partial charge is 0.352 e. The lowest BCUT2D eigenvalue weighted by molar-refractivity contribution is -0.127. The highest BCUT2D eigenvalue weighted by molar-refractivity contribution is 5.81. The third-order valence-electron chi connectivity index (χ3n) is 5.35. The van der Waals surface area contributed by atoms with Crippen molar-refractivity contribution in [3.63, 3.8) is 0 Å². The van der Waals surface area contributed by atoms with Gasteiger partial charge in [-0.05, 0) is 58.5 Å². The van der Waals surface area contributed by atoms with Crippen molar-refractivity contribution in [1.29, 1.82) is 0 Å². The van der Waals surface area contributed by atoms with Crippen molar-refractivity contribution in [3.05, 3.63) is 0 Å². The second-order valence-electron chi connectivity index (χ2n) is 6.91. The molecule has 1 aliphatic heterocycles. The number of likely N-dealkylation sites (tertiary alicyclic amines) is 1. The molecule has 4 heteroatoms. The molecule has 1 amide bonds. The van der Waals surface area contributed by atoms with E-state index in [0.717, 1.165) is 19.6 Å². The van der Waals surface area contributed by atoms with Crippen LogP contribution in [0.5, 0.6) is 0 Å². The summed E-state index contributed by atoms with van der Waals surface area (Å²) in [4.78, 5) is 14.8. The van der Waals surface area contributed by atoms with E-state index in [4.69, 9.17) is 0 Å². The zero-order valence-electron chi connectivity index (χ0n) is 14.0. The Balaban J connectivity index is 1.82. The summed E-state index contributed by atoms with van der Waals surface area (Å²) in [6.45, 7) is 9.65. The number of hydrogen-bond acceptors (Lipinski definition) is 3. The predicted molar refractivity (Wildman–Crippen MR) is 87.3 cm³/mol. The van der Waals surface area contributed by atoms with Crippen molar-refractivity contribution in [2.45, 2.75) is 77.4 Å². The summed E-state index contributed by atoms with van der Waals surface area (Å²) >= 11 is 0. The number of nitrogens with zero attached hydrogens (tertiary/aromatic N) is 1. The molecule has 3 unspecified atom stereocenters. The van der Waals surface area contributed by atoms with E-state index in [-0.39, 0.29) is 11.9 Å². The zero-order valence-corrected chi connectivity index (χ0v) is 14.0. The molecule has 1 heterocycles. The van der Waals surface area contributed by atoms with Crippen molar-refractivity contribution in [2.24, 2.45) is 5.92 Å². The predicted octanol–water partition coefficient (Wildman–Crippen LogP) is 2.14. The van der Waals surface area contributed by atoms with Crippen LogP contribution in [0.1, 0.15) is 59.3 Å². The fourth-order valence-electron chi connectivity index (χ4n) is 3.85. The minimum Gasteiger partial charge on any atom is -0.352 e. The van der Waals surface area contributed by atoms with Gasteiger partial charge in [0, 0.05) is 18.6 Å². The van der Waals surface area contributed by atoms with Gasteiger partial charge in [-0.2, -0.15) is 0 Å². The summed E-state index contributed by atoms with van der Waals surface area (Å²) < 4.78 is 0. The summed E-state index contributed by atoms with van der Waals surface area (Å²) in [5, 5.41) is 6.78.